The molecule has 4 nitrogen and oxygen atoms in total. The van der Waals surface area contributed by atoms with Crippen molar-refractivity contribution in [3.05, 3.63) is 0 Å². The van der Waals surface area contributed by atoms with E-state index in [2.05, 4.69) is 29.4 Å². The van der Waals surface area contributed by atoms with E-state index in [1.807, 2.05) is 0 Å². The van der Waals surface area contributed by atoms with E-state index >= 15 is 0 Å². The summed E-state index contributed by atoms with van der Waals surface area (Å²) >= 11 is 0. The van der Waals surface area contributed by atoms with Gasteiger partial charge in [0.25, 0.3) is 0 Å². The first-order valence-electron chi connectivity index (χ1n) is 6.28. The Morgan fingerprint density at radius 1 is 1.44 bits per heavy atom. The molecule has 1 atom stereocenters. The van der Waals surface area contributed by atoms with Gasteiger partial charge in [-0.05, 0) is 17.8 Å². The molecule has 2 fully saturated rings. The quantitative estimate of drug-likeness (QED) is 0.711. The van der Waals surface area contributed by atoms with Gasteiger partial charge < -0.3 is 10.6 Å². The van der Waals surface area contributed by atoms with E-state index in [0.29, 0.717) is 17.9 Å². The number of carbonyl (C=O) groups excluding carboxylic acids is 1. The standard InChI is InChI=1S/C12H23N3O/c1-12(2)7-10(12)8-14-11(16)9-15-5-3-13-4-6-15/h10,13H,3-9H2,1-2H3,(H,14,16). The van der Waals surface area contributed by atoms with Gasteiger partial charge in [-0.2, -0.15) is 0 Å². The lowest BCUT2D eigenvalue weighted by Gasteiger charge is -2.26. The van der Waals surface area contributed by atoms with Crippen molar-refractivity contribution < 1.29 is 4.79 Å². The molecule has 1 heterocycles. The summed E-state index contributed by atoms with van der Waals surface area (Å²) in [7, 11) is 0. The molecule has 1 aliphatic heterocycles. The van der Waals surface area contributed by atoms with Crippen molar-refractivity contribution in [3.8, 4) is 0 Å². The Morgan fingerprint density at radius 3 is 2.62 bits per heavy atom. The number of carbonyl (C=O) groups is 1. The van der Waals surface area contributed by atoms with Crippen molar-refractivity contribution in [1.82, 2.24) is 15.5 Å². The maximum Gasteiger partial charge on any atom is 0.234 e. The number of nitrogens with zero attached hydrogens (tertiary/aromatic N) is 1. The second-order valence-electron chi connectivity index (χ2n) is 5.72. The maximum absolute atomic E-state index is 11.7. The summed E-state index contributed by atoms with van der Waals surface area (Å²) in [6, 6.07) is 0. The zero-order valence-electron chi connectivity index (χ0n) is 10.4. The molecule has 1 amide bonds. The molecule has 92 valence electrons. The fourth-order valence-electron chi connectivity index (χ4n) is 2.29. The van der Waals surface area contributed by atoms with Crippen molar-refractivity contribution in [3.63, 3.8) is 0 Å². The van der Waals surface area contributed by atoms with Gasteiger partial charge in [0.2, 0.25) is 5.91 Å². The summed E-state index contributed by atoms with van der Waals surface area (Å²) in [5.41, 5.74) is 0.461. The highest BCUT2D eigenvalue weighted by Crippen LogP contribution is 2.50. The fraction of sp³-hybridized carbons (Fsp3) is 0.917. The van der Waals surface area contributed by atoms with E-state index < -0.39 is 0 Å². The minimum Gasteiger partial charge on any atom is -0.355 e. The molecule has 1 saturated carbocycles. The van der Waals surface area contributed by atoms with Crippen LogP contribution < -0.4 is 10.6 Å². The Labute approximate surface area is 97.8 Å². The fourth-order valence-corrected chi connectivity index (χ4v) is 2.29. The van der Waals surface area contributed by atoms with Crippen LogP contribution in [0.1, 0.15) is 20.3 Å². The zero-order chi connectivity index (χ0) is 11.6. The molecular formula is C12H23N3O. The second kappa shape index (κ2) is 4.72. The largest absolute Gasteiger partial charge is 0.355 e. The molecule has 0 bridgehead atoms. The third-order valence-corrected chi connectivity index (χ3v) is 3.84. The van der Waals surface area contributed by atoms with Gasteiger partial charge in [-0.3, -0.25) is 9.69 Å². The van der Waals surface area contributed by atoms with Crippen LogP contribution in [-0.2, 0) is 4.79 Å². The first-order valence-corrected chi connectivity index (χ1v) is 6.28. The number of hydrogen-bond acceptors (Lipinski definition) is 3. The zero-order valence-corrected chi connectivity index (χ0v) is 10.4. The summed E-state index contributed by atoms with van der Waals surface area (Å²) in [5.74, 6) is 0.879. The molecule has 1 saturated heterocycles. The Balaban J connectivity index is 1.61. The predicted octanol–water partition coefficient (Wildman–Crippen LogP) is 0.0539. The minimum absolute atomic E-state index is 0.185. The van der Waals surface area contributed by atoms with E-state index in [1.54, 1.807) is 0 Å². The summed E-state index contributed by atoms with van der Waals surface area (Å²) in [5, 5.41) is 6.33. The summed E-state index contributed by atoms with van der Waals surface area (Å²) in [6.45, 7) is 9.93. The molecule has 0 aromatic carbocycles. The average molecular weight is 225 g/mol. The van der Waals surface area contributed by atoms with Crippen molar-refractivity contribution in [1.29, 1.82) is 0 Å². The molecule has 4 heteroatoms. The van der Waals surface area contributed by atoms with Crippen molar-refractivity contribution in [2.75, 3.05) is 39.3 Å². The number of piperazine rings is 1. The van der Waals surface area contributed by atoms with Crippen molar-refractivity contribution >= 4 is 5.91 Å². The summed E-state index contributed by atoms with van der Waals surface area (Å²) in [6.07, 6.45) is 1.25. The van der Waals surface area contributed by atoms with Gasteiger partial charge in [0.1, 0.15) is 0 Å². The van der Waals surface area contributed by atoms with E-state index in [1.165, 1.54) is 6.42 Å². The van der Waals surface area contributed by atoms with E-state index in [0.717, 1.165) is 32.7 Å². The Hall–Kier alpha value is -0.610. The van der Waals surface area contributed by atoms with Gasteiger partial charge >= 0.3 is 0 Å². The SMILES string of the molecule is CC1(C)CC1CNC(=O)CN1CCNCC1. The van der Waals surface area contributed by atoms with Crippen LogP contribution in [0.15, 0.2) is 0 Å². The topological polar surface area (TPSA) is 44.4 Å². The van der Waals surface area contributed by atoms with Crippen LogP contribution in [0.2, 0.25) is 0 Å². The highest BCUT2D eigenvalue weighted by atomic mass is 16.2. The number of nitrogens with one attached hydrogen (secondary N) is 2. The van der Waals surface area contributed by atoms with Gasteiger partial charge in [-0.15, -0.1) is 0 Å². The van der Waals surface area contributed by atoms with E-state index in [9.17, 15) is 4.79 Å². The Morgan fingerprint density at radius 2 is 2.06 bits per heavy atom. The molecule has 0 radical (unpaired) electrons. The molecule has 2 aliphatic rings. The van der Waals surface area contributed by atoms with Crippen LogP contribution >= 0.6 is 0 Å². The second-order valence-corrected chi connectivity index (χ2v) is 5.72. The average Bonchev–Trinajstić information content (AvgIpc) is 2.85. The lowest BCUT2D eigenvalue weighted by atomic mass is 10.1. The van der Waals surface area contributed by atoms with Crippen LogP contribution in [0.25, 0.3) is 0 Å². The van der Waals surface area contributed by atoms with Gasteiger partial charge in [-0.1, -0.05) is 13.8 Å². The van der Waals surface area contributed by atoms with Gasteiger partial charge in [0.15, 0.2) is 0 Å². The maximum atomic E-state index is 11.7. The van der Waals surface area contributed by atoms with E-state index in [4.69, 9.17) is 0 Å². The highest BCUT2D eigenvalue weighted by molar-refractivity contribution is 5.78. The molecule has 0 spiro atoms. The number of amides is 1. The highest BCUT2D eigenvalue weighted by Gasteiger charge is 2.45. The molecule has 2 N–H and O–H groups in total. The molecule has 0 aromatic heterocycles. The first kappa shape index (κ1) is 11.9. The monoisotopic (exact) mass is 225 g/mol. The normalized spacial score (nSPS) is 28.8. The lowest BCUT2D eigenvalue weighted by Crippen LogP contribution is -2.47. The predicted molar refractivity (Wildman–Crippen MR) is 64.2 cm³/mol. The molecule has 1 aliphatic carbocycles. The molecule has 1 unspecified atom stereocenters. The third kappa shape index (κ3) is 3.19. The van der Waals surface area contributed by atoms with Crippen LogP contribution in [0.3, 0.4) is 0 Å². The van der Waals surface area contributed by atoms with E-state index in [-0.39, 0.29) is 5.91 Å². The van der Waals surface area contributed by atoms with Crippen LogP contribution in [-0.4, -0.2) is 50.1 Å². The Bertz CT molecular complexity index is 259. The van der Waals surface area contributed by atoms with Gasteiger partial charge in [-0.25, -0.2) is 0 Å². The van der Waals surface area contributed by atoms with Gasteiger partial charge in [0.05, 0.1) is 6.54 Å². The number of hydrogen-bond donors (Lipinski definition) is 2. The molecule has 0 aromatic rings. The molecular weight excluding hydrogens is 202 g/mol. The first-order chi connectivity index (χ1) is 7.58. The smallest absolute Gasteiger partial charge is 0.234 e. The van der Waals surface area contributed by atoms with Crippen molar-refractivity contribution in [2.24, 2.45) is 11.3 Å². The van der Waals surface area contributed by atoms with Crippen LogP contribution in [0, 0.1) is 11.3 Å². The third-order valence-electron chi connectivity index (χ3n) is 3.84. The van der Waals surface area contributed by atoms with Crippen LogP contribution in [0.4, 0.5) is 0 Å². The van der Waals surface area contributed by atoms with Gasteiger partial charge in [0, 0.05) is 32.7 Å². The molecule has 16 heavy (non-hydrogen) atoms. The molecule has 2 rings (SSSR count). The summed E-state index contributed by atoms with van der Waals surface area (Å²) < 4.78 is 0. The summed E-state index contributed by atoms with van der Waals surface area (Å²) in [4.78, 5) is 13.9. The minimum atomic E-state index is 0.185. The number of rotatable bonds is 4. The Kier molecular flexibility index (Phi) is 3.50. The lowest BCUT2D eigenvalue weighted by molar-refractivity contribution is -0.122. The van der Waals surface area contributed by atoms with Crippen LogP contribution in [0.5, 0.6) is 0 Å². The van der Waals surface area contributed by atoms with Crippen molar-refractivity contribution in [2.45, 2.75) is 20.3 Å².